The van der Waals surface area contributed by atoms with Crippen molar-refractivity contribution in [2.45, 2.75) is 30.1 Å². The highest BCUT2D eigenvalue weighted by Crippen LogP contribution is 2.59. The molecule has 4 rings (SSSR count). The fraction of sp³-hybridized carbons (Fsp3) is 0.650. The Morgan fingerprint density at radius 2 is 2.10 bits per heavy atom. The molecule has 29 heavy (non-hydrogen) atoms. The molecule has 9 heteroatoms. The van der Waals surface area contributed by atoms with E-state index in [1.54, 1.807) is 18.9 Å². The molecule has 8 nitrogen and oxygen atoms in total. The number of likely N-dealkylation sites (N-methyl/N-ethyl adjacent to an activating group) is 1. The molecule has 1 aromatic carbocycles. The van der Waals surface area contributed by atoms with E-state index in [2.05, 4.69) is 17.0 Å². The molecule has 0 radical (unpaired) electrons. The van der Waals surface area contributed by atoms with Gasteiger partial charge in [-0.1, -0.05) is 18.2 Å². The molecule has 1 N–H and O–H groups in total. The maximum absolute atomic E-state index is 12.9. The van der Waals surface area contributed by atoms with E-state index in [0.29, 0.717) is 31.5 Å². The summed E-state index contributed by atoms with van der Waals surface area (Å²) >= 11 is 1.62. The fourth-order valence-electron chi connectivity index (χ4n) is 5.47. The smallest absolute Gasteiger partial charge is 0.411 e. The molecule has 2 saturated heterocycles. The van der Waals surface area contributed by atoms with Gasteiger partial charge in [0.25, 0.3) is 0 Å². The first-order valence-corrected chi connectivity index (χ1v) is 11.0. The van der Waals surface area contributed by atoms with Crippen molar-refractivity contribution in [2.75, 3.05) is 57.6 Å². The topological polar surface area (TPSA) is 74.7 Å². The zero-order chi connectivity index (χ0) is 20.6. The first-order valence-electron chi connectivity index (χ1n) is 9.86. The van der Waals surface area contributed by atoms with E-state index in [4.69, 9.17) is 14.2 Å². The number of fused-ring (bicyclic) bond motifs is 1. The van der Waals surface area contributed by atoms with Crippen LogP contribution in [0.1, 0.15) is 12.0 Å². The summed E-state index contributed by atoms with van der Waals surface area (Å²) in [5.74, 6) is 1.16. The largest absolute Gasteiger partial charge is 0.453 e. The number of carbonyl (C=O) groups excluding carboxylic acids is 1. The van der Waals surface area contributed by atoms with E-state index in [-0.39, 0.29) is 29.8 Å². The Morgan fingerprint density at radius 3 is 2.86 bits per heavy atom. The number of benzene rings is 1. The van der Waals surface area contributed by atoms with Gasteiger partial charge >= 0.3 is 6.09 Å². The average Bonchev–Trinajstić information content (AvgIpc) is 3.31. The highest BCUT2D eigenvalue weighted by Gasteiger charge is 2.70. The summed E-state index contributed by atoms with van der Waals surface area (Å²) in [5.41, 5.74) is 1.98. The second-order valence-corrected chi connectivity index (χ2v) is 8.71. The van der Waals surface area contributed by atoms with E-state index in [0.717, 1.165) is 12.1 Å². The Kier molecular flexibility index (Phi) is 5.94. The molecule has 1 unspecified atom stereocenters. The molecule has 3 heterocycles. The zero-order valence-corrected chi connectivity index (χ0v) is 17.9. The highest BCUT2D eigenvalue weighted by atomic mass is 32.2. The molecule has 0 aromatic heterocycles. The van der Waals surface area contributed by atoms with Crippen molar-refractivity contribution in [1.82, 2.24) is 9.96 Å². The predicted molar refractivity (Wildman–Crippen MR) is 110 cm³/mol. The van der Waals surface area contributed by atoms with Gasteiger partial charge in [0.15, 0.2) is 0 Å². The highest BCUT2D eigenvalue weighted by molar-refractivity contribution is 7.99. The summed E-state index contributed by atoms with van der Waals surface area (Å²) in [4.78, 5) is 16.9. The lowest BCUT2D eigenvalue weighted by atomic mass is 9.74. The summed E-state index contributed by atoms with van der Waals surface area (Å²) in [6, 6.07) is 7.89. The van der Waals surface area contributed by atoms with Crippen LogP contribution in [0.25, 0.3) is 0 Å². The molecule has 0 bridgehead atoms. The van der Waals surface area contributed by atoms with Crippen molar-refractivity contribution in [1.29, 1.82) is 0 Å². The second-order valence-electron chi connectivity index (χ2n) is 7.73. The molecule has 2 fully saturated rings. The van der Waals surface area contributed by atoms with Crippen LogP contribution in [0.2, 0.25) is 0 Å². The summed E-state index contributed by atoms with van der Waals surface area (Å²) in [6.07, 6.45) is 0.247. The normalized spacial score (nSPS) is 30.4. The summed E-state index contributed by atoms with van der Waals surface area (Å²) < 4.78 is 15.8. The van der Waals surface area contributed by atoms with Crippen LogP contribution in [0.4, 0.5) is 10.5 Å². The number of thioether (sulfide) groups is 1. The molecule has 160 valence electrons. The summed E-state index contributed by atoms with van der Waals surface area (Å²) in [6.45, 7) is 1.68. The Bertz CT molecular complexity index is 753. The van der Waals surface area contributed by atoms with Gasteiger partial charge < -0.3 is 24.3 Å². The van der Waals surface area contributed by atoms with Gasteiger partial charge in [-0.05, 0) is 18.1 Å². The Morgan fingerprint density at radius 1 is 1.31 bits per heavy atom. The minimum absolute atomic E-state index is 0.186. The van der Waals surface area contributed by atoms with Crippen LogP contribution >= 0.6 is 11.8 Å². The van der Waals surface area contributed by atoms with Crippen molar-refractivity contribution in [3.05, 3.63) is 29.8 Å². The van der Waals surface area contributed by atoms with Crippen LogP contribution in [-0.4, -0.2) is 92.2 Å². The number of ether oxygens (including phenoxy) is 3. The monoisotopic (exact) mass is 423 g/mol. The lowest BCUT2D eigenvalue weighted by molar-refractivity contribution is -0.114. The van der Waals surface area contributed by atoms with Crippen LogP contribution in [0.3, 0.4) is 0 Å². The fourth-order valence-corrected chi connectivity index (χ4v) is 6.39. The molecule has 1 amide bonds. The van der Waals surface area contributed by atoms with Crippen LogP contribution < -0.4 is 4.90 Å². The predicted octanol–water partition coefficient (Wildman–Crippen LogP) is 1.97. The lowest BCUT2D eigenvalue weighted by Crippen LogP contribution is -2.53. The van der Waals surface area contributed by atoms with E-state index < -0.39 is 0 Å². The Hall–Kier alpha value is -1.52. The van der Waals surface area contributed by atoms with E-state index in [1.165, 1.54) is 17.7 Å². The van der Waals surface area contributed by atoms with Gasteiger partial charge in [0.05, 0.1) is 43.8 Å². The van der Waals surface area contributed by atoms with Crippen molar-refractivity contribution in [2.24, 2.45) is 0 Å². The van der Waals surface area contributed by atoms with Crippen LogP contribution in [-0.2, 0) is 19.6 Å². The van der Waals surface area contributed by atoms with Gasteiger partial charge in [-0.15, -0.1) is 11.8 Å². The molecule has 1 aromatic rings. The molecule has 0 aliphatic carbocycles. The van der Waals surface area contributed by atoms with E-state index in [1.807, 2.05) is 24.1 Å². The Balaban J connectivity index is 1.65. The van der Waals surface area contributed by atoms with Gasteiger partial charge in [-0.25, -0.2) is 4.79 Å². The average molecular weight is 424 g/mol. The number of rotatable bonds is 7. The third kappa shape index (κ3) is 3.11. The van der Waals surface area contributed by atoms with Gasteiger partial charge in [0.2, 0.25) is 0 Å². The minimum Gasteiger partial charge on any atom is -0.453 e. The number of carbonyl (C=O) groups is 1. The van der Waals surface area contributed by atoms with Crippen molar-refractivity contribution in [3.63, 3.8) is 0 Å². The summed E-state index contributed by atoms with van der Waals surface area (Å²) in [5, 5.41) is 12.3. The van der Waals surface area contributed by atoms with Gasteiger partial charge in [0.1, 0.15) is 6.17 Å². The van der Waals surface area contributed by atoms with Crippen LogP contribution in [0.15, 0.2) is 24.3 Å². The molecular formula is C20H29N3O5S. The van der Waals surface area contributed by atoms with E-state index in [9.17, 15) is 10.0 Å². The maximum Gasteiger partial charge on any atom is 0.411 e. The standard InChI is InChI=1S/C20H29N3O5S/c1-21-15-7-5-4-6-14(15)20-8-9-22(25)17(20)16(12-29-13-28-11-10-26-2)23(18(20)21)19(24)27-3/h4-7,16-18,25H,8-13H2,1-3H3/t16-,17-,18-,20?/m0/s1. The van der Waals surface area contributed by atoms with Crippen molar-refractivity contribution in [3.8, 4) is 0 Å². The van der Waals surface area contributed by atoms with Crippen molar-refractivity contribution < 1.29 is 24.2 Å². The Labute approximate surface area is 175 Å². The number of anilines is 1. The maximum atomic E-state index is 12.9. The van der Waals surface area contributed by atoms with Crippen molar-refractivity contribution >= 4 is 23.5 Å². The quantitative estimate of drug-likeness (QED) is 0.527. The number of hydrogen-bond acceptors (Lipinski definition) is 8. The molecule has 4 atom stereocenters. The first kappa shape index (κ1) is 20.7. The molecule has 1 spiro atoms. The molecule has 0 saturated carbocycles. The second kappa shape index (κ2) is 8.31. The minimum atomic E-state index is -0.359. The van der Waals surface area contributed by atoms with Crippen LogP contribution in [0.5, 0.6) is 0 Å². The third-order valence-electron chi connectivity index (χ3n) is 6.47. The van der Waals surface area contributed by atoms with E-state index >= 15 is 0 Å². The number of amides is 1. The number of hydrogen-bond donors (Lipinski definition) is 1. The zero-order valence-electron chi connectivity index (χ0n) is 17.1. The number of nitrogens with zero attached hydrogens (tertiary/aromatic N) is 3. The number of hydroxylamine groups is 2. The third-order valence-corrected chi connectivity index (χ3v) is 7.38. The number of para-hydroxylation sites is 1. The molecular weight excluding hydrogens is 394 g/mol. The van der Waals surface area contributed by atoms with Gasteiger partial charge in [-0.3, -0.25) is 4.90 Å². The van der Waals surface area contributed by atoms with Gasteiger partial charge in [0, 0.05) is 32.1 Å². The summed E-state index contributed by atoms with van der Waals surface area (Å²) in [7, 11) is 5.08. The number of methoxy groups -OCH3 is 2. The SMILES string of the molecule is COCCOCSC[C@H]1[C@@H]2N(O)CCC23c2ccccc2N(C)[C@H]3N1C(=O)OC. The first-order chi connectivity index (χ1) is 14.1. The molecule has 3 aliphatic heterocycles. The molecule has 3 aliphatic rings. The lowest BCUT2D eigenvalue weighted by Gasteiger charge is -2.36. The number of likely N-dealkylation sites (tertiary alicyclic amines) is 1. The van der Waals surface area contributed by atoms with Crippen LogP contribution in [0, 0.1) is 0 Å². The van der Waals surface area contributed by atoms with Gasteiger partial charge in [-0.2, -0.15) is 5.06 Å².